The number of amides is 1. The van der Waals surface area contributed by atoms with Crippen LogP contribution in [-0.2, 0) is 14.3 Å². The van der Waals surface area contributed by atoms with E-state index in [9.17, 15) is 9.59 Å². The van der Waals surface area contributed by atoms with Crippen molar-refractivity contribution in [2.45, 2.75) is 32.6 Å². The molecule has 0 saturated heterocycles. The van der Waals surface area contributed by atoms with Crippen molar-refractivity contribution in [1.29, 1.82) is 0 Å². The molecule has 0 saturated carbocycles. The molecule has 5 nitrogen and oxygen atoms in total. The highest BCUT2D eigenvalue weighted by molar-refractivity contribution is 5.99. The van der Waals surface area contributed by atoms with Crippen LogP contribution in [0.25, 0.3) is 16.8 Å². The third-order valence-electron chi connectivity index (χ3n) is 6.86. The minimum atomic E-state index is -0.534. The number of esters is 1. The first-order valence-electron chi connectivity index (χ1n) is 13.2. The van der Waals surface area contributed by atoms with Crippen molar-refractivity contribution in [3.05, 3.63) is 131 Å². The van der Waals surface area contributed by atoms with Crippen LogP contribution >= 0.6 is 0 Å². The molecule has 1 atom stereocenters. The van der Waals surface area contributed by atoms with Crippen LogP contribution in [0.4, 0.5) is 0 Å². The second-order valence-corrected chi connectivity index (χ2v) is 9.75. The monoisotopic (exact) mass is 517 g/mol. The summed E-state index contributed by atoms with van der Waals surface area (Å²) in [6.07, 6.45) is 3.18. The zero-order chi connectivity index (χ0) is 27.4. The summed E-state index contributed by atoms with van der Waals surface area (Å²) in [5, 5.41) is 4.83. The molecule has 5 rings (SSSR count). The lowest BCUT2D eigenvalue weighted by Gasteiger charge is -2.31. The third-order valence-corrected chi connectivity index (χ3v) is 6.86. The van der Waals surface area contributed by atoms with Crippen molar-refractivity contribution in [3.63, 3.8) is 0 Å². The van der Waals surface area contributed by atoms with Crippen LogP contribution in [0.5, 0.6) is 5.75 Å². The van der Waals surface area contributed by atoms with Gasteiger partial charge in [0.05, 0.1) is 12.5 Å². The molecule has 39 heavy (non-hydrogen) atoms. The van der Waals surface area contributed by atoms with Gasteiger partial charge in [-0.3, -0.25) is 10.1 Å². The fourth-order valence-electron chi connectivity index (χ4n) is 4.91. The first-order chi connectivity index (χ1) is 19.0. The summed E-state index contributed by atoms with van der Waals surface area (Å²) >= 11 is 0. The maximum absolute atomic E-state index is 13.5. The fraction of sp³-hybridized carbons (Fsp3) is 0.176. The molecule has 4 aromatic rings. The van der Waals surface area contributed by atoms with Crippen LogP contribution < -0.4 is 10.1 Å². The van der Waals surface area contributed by atoms with Gasteiger partial charge in [0.1, 0.15) is 11.3 Å². The maximum atomic E-state index is 13.5. The fourth-order valence-corrected chi connectivity index (χ4v) is 4.91. The predicted molar refractivity (Wildman–Crippen MR) is 154 cm³/mol. The summed E-state index contributed by atoms with van der Waals surface area (Å²) in [6.45, 7) is 6.23. The Morgan fingerprint density at radius 1 is 0.923 bits per heavy atom. The molecule has 1 aliphatic heterocycles. The smallest absolute Gasteiger partial charge is 0.340 e. The van der Waals surface area contributed by atoms with Gasteiger partial charge in [-0.15, -0.1) is 0 Å². The van der Waals surface area contributed by atoms with Crippen LogP contribution in [0.15, 0.2) is 109 Å². The van der Waals surface area contributed by atoms with E-state index in [4.69, 9.17) is 9.47 Å². The number of nitrogens with one attached hydrogen (secondary N) is 1. The molecule has 4 aromatic carbocycles. The van der Waals surface area contributed by atoms with Gasteiger partial charge < -0.3 is 9.47 Å². The Labute approximate surface area is 228 Å². The number of hydrogen-bond acceptors (Lipinski definition) is 4. The molecule has 0 radical (unpaired) electrons. The van der Waals surface area contributed by atoms with E-state index in [0.717, 1.165) is 27.5 Å². The normalized spacial score (nSPS) is 14.8. The van der Waals surface area contributed by atoms with Gasteiger partial charge in [0.25, 0.3) is 5.91 Å². The van der Waals surface area contributed by atoms with Gasteiger partial charge in [0.2, 0.25) is 5.88 Å². The zero-order valence-corrected chi connectivity index (χ0v) is 22.3. The largest absolute Gasteiger partial charge is 0.462 e. The molecule has 1 unspecified atom stereocenters. The Morgan fingerprint density at radius 3 is 2.36 bits per heavy atom. The molecule has 0 aliphatic carbocycles. The highest BCUT2D eigenvalue weighted by atomic mass is 16.5. The van der Waals surface area contributed by atoms with Crippen LogP contribution in [-0.4, -0.2) is 18.5 Å². The molecule has 0 bridgehead atoms. The van der Waals surface area contributed by atoms with Crippen molar-refractivity contribution in [3.8, 4) is 5.75 Å². The standard InChI is InChI=1S/C34H31NO4/c1-4-38-34(37)32-30(26-11-6-5-7-12-26)31-27-13-9-8-10-25(27)19-20-28(31)39-33(32)35-29(36)21-16-23-14-17-24(18-15-23)22(2)3/h5-22,30H,4H2,1-3H3,(H,35,36)/b21-16+. The quantitative estimate of drug-likeness (QED) is 0.210. The number of fused-ring (bicyclic) bond motifs is 3. The predicted octanol–water partition coefficient (Wildman–Crippen LogP) is 7.09. The van der Waals surface area contributed by atoms with Crippen molar-refractivity contribution in [2.24, 2.45) is 0 Å². The van der Waals surface area contributed by atoms with E-state index in [-0.39, 0.29) is 18.1 Å². The average Bonchev–Trinajstić information content (AvgIpc) is 2.96. The van der Waals surface area contributed by atoms with Crippen LogP contribution in [0.2, 0.25) is 0 Å². The molecule has 1 N–H and O–H groups in total. The second-order valence-electron chi connectivity index (χ2n) is 9.75. The van der Waals surface area contributed by atoms with Crippen molar-refractivity contribution in [1.82, 2.24) is 5.32 Å². The van der Waals surface area contributed by atoms with E-state index in [1.807, 2.05) is 78.9 Å². The highest BCUT2D eigenvalue weighted by Gasteiger charge is 2.38. The van der Waals surface area contributed by atoms with E-state index in [0.29, 0.717) is 11.7 Å². The van der Waals surface area contributed by atoms with Gasteiger partial charge in [0.15, 0.2) is 0 Å². The molecule has 1 amide bonds. The van der Waals surface area contributed by atoms with Crippen LogP contribution in [0.3, 0.4) is 0 Å². The zero-order valence-electron chi connectivity index (χ0n) is 22.3. The third kappa shape index (κ3) is 5.48. The van der Waals surface area contributed by atoms with E-state index >= 15 is 0 Å². The topological polar surface area (TPSA) is 64.6 Å². The summed E-state index contributed by atoms with van der Waals surface area (Å²) < 4.78 is 11.7. The Hall–Kier alpha value is -4.64. The average molecular weight is 518 g/mol. The summed E-state index contributed by atoms with van der Waals surface area (Å²) in [4.78, 5) is 26.5. The summed E-state index contributed by atoms with van der Waals surface area (Å²) in [5.41, 5.74) is 4.15. The molecular formula is C34H31NO4. The number of carbonyl (C=O) groups excluding carboxylic acids is 2. The summed E-state index contributed by atoms with van der Waals surface area (Å²) in [7, 11) is 0. The van der Waals surface area contributed by atoms with Gasteiger partial charge in [-0.05, 0) is 52.4 Å². The van der Waals surface area contributed by atoms with Gasteiger partial charge in [-0.25, -0.2) is 4.79 Å². The maximum Gasteiger partial charge on any atom is 0.340 e. The molecule has 0 aromatic heterocycles. The molecule has 1 heterocycles. The van der Waals surface area contributed by atoms with Crippen LogP contribution in [0.1, 0.15) is 54.9 Å². The van der Waals surface area contributed by atoms with Crippen molar-refractivity contribution >= 4 is 28.7 Å². The Kier molecular flexibility index (Phi) is 7.60. The second kappa shape index (κ2) is 11.4. The van der Waals surface area contributed by atoms with Gasteiger partial charge in [-0.1, -0.05) is 98.8 Å². The Bertz CT molecular complexity index is 1570. The number of ether oxygens (including phenoxy) is 2. The number of rotatable bonds is 7. The molecular weight excluding hydrogens is 486 g/mol. The number of hydrogen-bond donors (Lipinski definition) is 1. The summed E-state index contributed by atoms with van der Waals surface area (Å²) in [6, 6.07) is 29.7. The SMILES string of the molecule is CCOC(=O)C1=C(NC(=O)/C=C/c2ccc(C(C)C)cc2)Oc2ccc3ccccc3c2C1c1ccccc1. The van der Waals surface area contributed by atoms with E-state index in [1.165, 1.54) is 11.6 Å². The number of carbonyl (C=O) groups is 2. The molecule has 1 aliphatic rings. The summed E-state index contributed by atoms with van der Waals surface area (Å²) in [5.74, 6) is -0.346. The molecule has 5 heteroatoms. The molecule has 0 fully saturated rings. The van der Waals surface area contributed by atoms with Gasteiger partial charge >= 0.3 is 5.97 Å². The van der Waals surface area contributed by atoms with Gasteiger partial charge in [0, 0.05) is 11.6 Å². The molecule has 196 valence electrons. The highest BCUT2D eigenvalue weighted by Crippen LogP contribution is 2.46. The minimum absolute atomic E-state index is 0.0786. The van der Waals surface area contributed by atoms with E-state index < -0.39 is 17.8 Å². The lowest BCUT2D eigenvalue weighted by atomic mass is 9.80. The lowest BCUT2D eigenvalue weighted by Crippen LogP contribution is -2.33. The van der Waals surface area contributed by atoms with Gasteiger partial charge in [-0.2, -0.15) is 0 Å². The first-order valence-corrected chi connectivity index (χ1v) is 13.2. The molecule has 0 spiro atoms. The van der Waals surface area contributed by atoms with E-state index in [2.05, 4.69) is 31.3 Å². The van der Waals surface area contributed by atoms with E-state index in [1.54, 1.807) is 13.0 Å². The minimum Gasteiger partial charge on any atom is -0.462 e. The Morgan fingerprint density at radius 2 is 1.64 bits per heavy atom. The lowest BCUT2D eigenvalue weighted by molar-refractivity contribution is -0.139. The Balaban J connectivity index is 1.57. The number of benzene rings is 4. The van der Waals surface area contributed by atoms with Crippen LogP contribution in [0, 0.1) is 0 Å². The first kappa shape index (κ1) is 26.0. The van der Waals surface area contributed by atoms with Crippen molar-refractivity contribution < 1.29 is 19.1 Å². The van der Waals surface area contributed by atoms with Crippen molar-refractivity contribution in [2.75, 3.05) is 6.61 Å².